The van der Waals surface area contributed by atoms with Crippen LogP contribution in [0.15, 0.2) is 24.3 Å². The number of pyridine rings is 1. The molecule has 2 aromatic rings. The van der Waals surface area contributed by atoms with Crippen LogP contribution in [0.2, 0.25) is 5.02 Å². The molecule has 0 saturated heterocycles. The molecule has 2 rings (SSSR count). The van der Waals surface area contributed by atoms with Gasteiger partial charge < -0.3 is 5.11 Å². The van der Waals surface area contributed by atoms with Gasteiger partial charge in [0.1, 0.15) is 5.75 Å². The van der Waals surface area contributed by atoms with Crippen LogP contribution in [0.5, 0.6) is 5.75 Å². The van der Waals surface area contributed by atoms with Gasteiger partial charge in [0.05, 0.1) is 10.5 Å². The van der Waals surface area contributed by atoms with Crippen LogP contribution in [0.4, 0.5) is 13.2 Å². The minimum absolute atomic E-state index is 0.0950. The van der Waals surface area contributed by atoms with Gasteiger partial charge in [0.25, 0.3) is 0 Å². The molecule has 0 radical (unpaired) electrons. The van der Waals surface area contributed by atoms with E-state index in [-0.39, 0.29) is 15.9 Å². The van der Waals surface area contributed by atoms with E-state index in [0.717, 1.165) is 6.07 Å². The molecule has 0 aliphatic carbocycles. The normalized spacial score (nSPS) is 12.0. The van der Waals surface area contributed by atoms with Gasteiger partial charge in [0, 0.05) is 5.39 Å². The lowest BCUT2D eigenvalue weighted by Crippen LogP contribution is -2.08. The predicted octanol–water partition coefficient (Wildman–Crippen LogP) is 3.61. The lowest BCUT2D eigenvalue weighted by atomic mass is 10.2. The smallest absolute Gasteiger partial charge is 0.437 e. The first kappa shape index (κ1) is 11.0. The average molecular weight is 248 g/mol. The van der Waals surface area contributed by atoms with Crippen molar-refractivity contribution in [3.8, 4) is 5.75 Å². The van der Waals surface area contributed by atoms with E-state index in [9.17, 15) is 18.3 Å². The molecule has 1 aromatic carbocycles. The van der Waals surface area contributed by atoms with E-state index < -0.39 is 17.6 Å². The number of alkyl halides is 3. The quantitative estimate of drug-likeness (QED) is 0.771. The van der Waals surface area contributed by atoms with Gasteiger partial charge in [-0.2, -0.15) is 13.2 Å². The highest BCUT2D eigenvalue weighted by Crippen LogP contribution is 2.37. The number of hydrogen-bond donors (Lipinski definition) is 1. The first-order valence-electron chi connectivity index (χ1n) is 4.25. The first-order chi connectivity index (χ1) is 7.39. The van der Waals surface area contributed by atoms with Crippen molar-refractivity contribution in [2.24, 2.45) is 0 Å². The van der Waals surface area contributed by atoms with Crippen LogP contribution in [-0.2, 0) is 6.18 Å². The first-order valence-corrected chi connectivity index (χ1v) is 4.63. The summed E-state index contributed by atoms with van der Waals surface area (Å²) in [6, 6.07) is 5.37. The van der Waals surface area contributed by atoms with Crippen molar-refractivity contribution >= 4 is 22.5 Å². The Labute approximate surface area is 93.3 Å². The van der Waals surface area contributed by atoms with E-state index in [2.05, 4.69) is 4.98 Å². The number of rotatable bonds is 0. The number of halogens is 4. The van der Waals surface area contributed by atoms with Crippen LogP contribution in [0.25, 0.3) is 10.9 Å². The summed E-state index contributed by atoms with van der Waals surface area (Å²) >= 11 is 5.76. The fraction of sp³-hybridized carbons (Fsp3) is 0.100. The van der Waals surface area contributed by atoms with Crippen molar-refractivity contribution in [2.75, 3.05) is 0 Å². The molecule has 0 saturated carbocycles. The molecule has 0 unspecified atom stereocenters. The van der Waals surface area contributed by atoms with Gasteiger partial charge in [-0.15, -0.1) is 0 Å². The minimum Gasteiger partial charge on any atom is -0.506 e. The van der Waals surface area contributed by atoms with Crippen LogP contribution in [0.3, 0.4) is 0 Å². The molecule has 0 aliphatic heterocycles. The summed E-state index contributed by atoms with van der Waals surface area (Å²) in [6.45, 7) is 0. The molecule has 6 heteroatoms. The fourth-order valence-electron chi connectivity index (χ4n) is 1.36. The monoisotopic (exact) mass is 247 g/mol. The van der Waals surface area contributed by atoms with Crippen LogP contribution in [0.1, 0.15) is 5.69 Å². The number of aromatic hydroxyl groups is 1. The Bertz CT molecular complexity index is 553. The molecule has 0 bridgehead atoms. The molecule has 0 spiro atoms. The van der Waals surface area contributed by atoms with E-state index in [1.165, 1.54) is 18.2 Å². The van der Waals surface area contributed by atoms with Gasteiger partial charge in [-0.25, -0.2) is 4.98 Å². The minimum atomic E-state index is -4.68. The number of fused-ring (bicyclic) bond motifs is 1. The third-order valence-electron chi connectivity index (χ3n) is 2.05. The van der Waals surface area contributed by atoms with Crippen molar-refractivity contribution in [1.29, 1.82) is 0 Å². The van der Waals surface area contributed by atoms with Crippen LogP contribution >= 0.6 is 11.6 Å². The Morgan fingerprint density at radius 1 is 1.25 bits per heavy atom. The standard InChI is InChI=1S/C10H5ClF3NO/c11-6-2-1-3-7-5(6)4-8(16)9(15-7)10(12,13)14/h1-4,16H. The van der Waals surface area contributed by atoms with E-state index in [0.29, 0.717) is 0 Å². The average Bonchev–Trinajstić information content (AvgIpc) is 2.17. The third-order valence-corrected chi connectivity index (χ3v) is 2.38. The molecule has 16 heavy (non-hydrogen) atoms. The van der Waals surface area contributed by atoms with Gasteiger partial charge in [-0.1, -0.05) is 17.7 Å². The van der Waals surface area contributed by atoms with Crippen LogP contribution in [0, 0.1) is 0 Å². The number of benzene rings is 1. The van der Waals surface area contributed by atoms with Gasteiger partial charge in [-0.05, 0) is 18.2 Å². The maximum Gasteiger partial charge on any atom is 0.437 e. The maximum atomic E-state index is 12.4. The summed E-state index contributed by atoms with van der Waals surface area (Å²) in [5.41, 5.74) is -1.21. The largest absolute Gasteiger partial charge is 0.506 e. The third kappa shape index (κ3) is 1.78. The summed E-state index contributed by atoms with van der Waals surface area (Å²) in [7, 11) is 0. The number of nitrogens with zero attached hydrogens (tertiary/aromatic N) is 1. The van der Waals surface area contributed by atoms with E-state index >= 15 is 0 Å². The van der Waals surface area contributed by atoms with Crippen molar-refractivity contribution < 1.29 is 18.3 Å². The lowest BCUT2D eigenvalue weighted by Gasteiger charge is -2.09. The molecular formula is C10H5ClF3NO. The summed E-state index contributed by atoms with van der Waals surface area (Å²) < 4.78 is 37.3. The van der Waals surface area contributed by atoms with E-state index in [1.807, 2.05) is 0 Å². The van der Waals surface area contributed by atoms with Crippen molar-refractivity contribution in [2.45, 2.75) is 6.18 Å². The Kier molecular flexibility index (Phi) is 2.42. The molecule has 1 aromatic heterocycles. The summed E-state index contributed by atoms with van der Waals surface area (Å²) in [6.07, 6.45) is -4.68. The molecule has 0 amide bonds. The van der Waals surface area contributed by atoms with E-state index in [1.54, 1.807) is 0 Å². The second kappa shape index (κ2) is 3.52. The van der Waals surface area contributed by atoms with Gasteiger partial charge in [0.15, 0.2) is 5.69 Å². The predicted molar refractivity (Wildman–Crippen MR) is 53.4 cm³/mol. The van der Waals surface area contributed by atoms with Crippen LogP contribution < -0.4 is 0 Å². The molecule has 0 fully saturated rings. The summed E-state index contributed by atoms with van der Waals surface area (Å²) in [5, 5.41) is 9.76. The molecular weight excluding hydrogens is 243 g/mol. The summed E-state index contributed by atoms with van der Waals surface area (Å²) in [4.78, 5) is 3.35. The van der Waals surface area contributed by atoms with E-state index in [4.69, 9.17) is 11.6 Å². The molecule has 0 atom stereocenters. The van der Waals surface area contributed by atoms with Gasteiger partial charge >= 0.3 is 6.18 Å². The van der Waals surface area contributed by atoms with Crippen LogP contribution in [-0.4, -0.2) is 10.1 Å². The van der Waals surface area contributed by atoms with Crippen molar-refractivity contribution in [3.05, 3.63) is 35.0 Å². The Morgan fingerprint density at radius 2 is 1.94 bits per heavy atom. The SMILES string of the molecule is Oc1cc2c(Cl)cccc2nc1C(F)(F)F. The molecule has 1 N–H and O–H groups in total. The second-order valence-corrected chi connectivity index (χ2v) is 3.57. The highest BCUT2D eigenvalue weighted by atomic mass is 35.5. The van der Waals surface area contributed by atoms with Crippen molar-refractivity contribution in [1.82, 2.24) is 4.98 Å². The Morgan fingerprint density at radius 3 is 2.56 bits per heavy atom. The highest BCUT2D eigenvalue weighted by molar-refractivity contribution is 6.35. The highest BCUT2D eigenvalue weighted by Gasteiger charge is 2.36. The Hall–Kier alpha value is -1.49. The Balaban J connectivity index is 2.78. The number of aromatic nitrogens is 1. The molecule has 2 nitrogen and oxygen atoms in total. The lowest BCUT2D eigenvalue weighted by molar-refractivity contribution is -0.142. The molecule has 1 heterocycles. The summed E-state index contributed by atoms with van der Waals surface area (Å²) in [5.74, 6) is -0.923. The second-order valence-electron chi connectivity index (χ2n) is 3.16. The van der Waals surface area contributed by atoms with Gasteiger partial charge in [-0.3, -0.25) is 0 Å². The fourth-order valence-corrected chi connectivity index (χ4v) is 1.58. The van der Waals surface area contributed by atoms with Crippen molar-refractivity contribution in [3.63, 3.8) is 0 Å². The zero-order valence-electron chi connectivity index (χ0n) is 7.72. The zero-order chi connectivity index (χ0) is 11.9. The van der Waals surface area contributed by atoms with Gasteiger partial charge in [0.2, 0.25) is 0 Å². The topological polar surface area (TPSA) is 33.1 Å². The number of hydrogen-bond acceptors (Lipinski definition) is 2. The molecule has 84 valence electrons. The zero-order valence-corrected chi connectivity index (χ0v) is 8.47. The maximum absolute atomic E-state index is 12.4. The molecule has 0 aliphatic rings.